The summed E-state index contributed by atoms with van der Waals surface area (Å²) in [5.74, 6) is 0.653. The molecule has 0 unspecified atom stereocenters. The van der Waals surface area contributed by atoms with Crippen LogP contribution in [0.2, 0.25) is 0 Å². The van der Waals surface area contributed by atoms with Gasteiger partial charge in [-0.25, -0.2) is 4.68 Å². The van der Waals surface area contributed by atoms with Gasteiger partial charge in [0.15, 0.2) is 0 Å². The van der Waals surface area contributed by atoms with E-state index in [2.05, 4.69) is 22.9 Å². The molecule has 6 nitrogen and oxygen atoms in total. The summed E-state index contributed by atoms with van der Waals surface area (Å²) in [6.07, 6.45) is 0.0517. The van der Waals surface area contributed by atoms with E-state index in [9.17, 15) is 10.2 Å². The van der Waals surface area contributed by atoms with Crippen molar-refractivity contribution < 1.29 is 14.9 Å². The first-order valence-electron chi connectivity index (χ1n) is 8.81. The van der Waals surface area contributed by atoms with Gasteiger partial charge in [-0.05, 0) is 37.4 Å². The van der Waals surface area contributed by atoms with Crippen LogP contribution in [0.5, 0.6) is 17.2 Å². The van der Waals surface area contributed by atoms with Gasteiger partial charge in [0.1, 0.15) is 33.7 Å². The topological polar surface area (TPSA) is 80.4 Å². The molecule has 0 spiro atoms. The Balaban J connectivity index is 1.96. The molecule has 3 aromatic carbocycles. The highest BCUT2D eigenvalue weighted by atomic mass is 32.1. The van der Waals surface area contributed by atoms with Crippen molar-refractivity contribution in [2.24, 2.45) is 0 Å². The first-order valence-corrected chi connectivity index (χ1v) is 9.26. The van der Waals surface area contributed by atoms with Gasteiger partial charge < -0.3 is 14.9 Å². The summed E-state index contributed by atoms with van der Waals surface area (Å²) in [6, 6.07) is 16.1. The van der Waals surface area contributed by atoms with Crippen LogP contribution in [0.3, 0.4) is 0 Å². The lowest BCUT2D eigenvalue weighted by Crippen LogP contribution is -2.06. The lowest BCUT2D eigenvalue weighted by Gasteiger charge is -2.15. The zero-order chi connectivity index (χ0) is 19.8. The quantitative estimate of drug-likeness (QED) is 0.443. The molecule has 142 valence electrons. The summed E-state index contributed by atoms with van der Waals surface area (Å²) in [7, 11) is 0. The van der Waals surface area contributed by atoms with Gasteiger partial charge in [0.2, 0.25) is 0 Å². The van der Waals surface area contributed by atoms with Crippen molar-refractivity contribution in [3.8, 4) is 34.2 Å². The fourth-order valence-electron chi connectivity index (χ4n) is 3.21. The Morgan fingerprint density at radius 1 is 1.00 bits per heavy atom. The van der Waals surface area contributed by atoms with E-state index >= 15 is 0 Å². The van der Waals surface area contributed by atoms with Crippen LogP contribution in [-0.4, -0.2) is 31.3 Å². The molecule has 0 fully saturated rings. The lowest BCUT2D eigenvalue weighted by molar-refractivity contribution is 0.245. The number of hydrogen-bond acceptors (Lipinski definition) is 6. The van der Waals surface area contributed by atoms with Gasteiger partial charge >= 0.3 is 0 Å². The summed E-state index contributed by atoms with van der Waals surface area (Å²) in [5, 5.41) is 30.4. The molecule has 4 aromatic rings. The molecule has 0 aliphatic rings. The van der Waals surface area contributed by atoms with Crippen LogP contribution in [0.4, 0.5) is 0 Å². The van der Waals surface area contributed by atoms with Crippen molar-refractivity contribution in [1.29, 1.82) is 0 Å². The highest BCUT2D eigenvalue weighted by Crippen LogP contribution is 2.38. The summed E-state index contributed by atoms with van der Waals surface area (Å²) >= 11 is 4.49. The number of benzene rings is 3. The average Bonchev–Trinajstić information content (AvgIpc) is 3.02. The number of nitrogens with zero attached hydrogens (tertiary/aromatic N) is 3. The molecular formula is C21H19N3O3S. The summed E-state index contributed by atoms with van der Waals surface area (Å²) in [4.78, 5) is 0. The van der Waals surface area contributed by atoms with Crippen LogP contribution in [0.1, 0.15) is 13.8 Å². The third-order valence-electron chi connectivity index (χ3n) is 4.34. The molecule has 0 bridgehead atoms. The second-order valence-corrected chi connectivity index (χ2v) is 7.09. The van der Waals surface area contributed by atoms with Crippen LogP contribution < -0.4 is 4.74 Å². The third kappa shape index (κ3) is 3.14. The van der Waals surface area contributed by atoms with Crippen molar-refractivity contribution >= 4 is 23.4 Å². The largest absolute Gasteiger partial charge is 0.508 e. The van der Waals surface area contributed by atoms with Gasteiger partial charge in [0.05, 0.1) is 6.10 Å². The van der Waals surface area contributed by atoms with Gasteiger partial charge in [0, 0.05) is 17.0 Å². The number of rotatable bonds is 4. The van der Waals surface area contributed by atoms with Crippen LogP contribution >= 0.6 is 12.6 Å². The molecule has 1 heterocycles. The molecule has 0 aliphatic heterocycles. The molecule has 1 aromatic heterocycles. The number of phenolic OH excluding ortho intramolecular Hbond substituents is 2. The predicted octanol–water partition coefficient (Wildman–Crippen LogP) is 4.57. The Labute approximate surface area is 167 Å². The third-order valence-corrected chi connectivity index (χ3v) is 4.64. The summed E-state index contributed by atoms with van der Waals surface area (Å²) in [5.41, 5.74) is 1.89. The maximum atomic E-state index is 10.3. The smallest absolute Gasteiger partial charge is 0.145 e. The standard InChI is InChI=1S/C21H19N3O3S/c1-12(2)27-19-8-4-5-14-15(19)6-3-7-16(14)20-21(28)22-23-24(20)17-10-9-13(25)11-18(17)26/h3-12,25-26,28H,1-2H3. The number of hydrogen-bond donors (Lipinski definition) is 3. The molecule has 0 aliphatic carbocycles. The molecular weight excluding hydrogens is 374 g/mol. The van der Waals surface area contributed by atoms with E-state index < -0.39 is 0 Å². The second kappa shape index (κ2) is 7.09. The molecule has 0 saturated carbocycles. The molecule has 7 heteroatoms. The molecule has 4 rings (SSSR count). The normalized spacial score (nSPS) is 11.3. The maximum Gasteiger partial charge on any atom is 0.145 e. The van der Waals surface area contributed by atoms with E-state index in [1.807, 2.05) is 50.2 Å². The van der Waals surface area contributed by atoms with E-state index in [1.54, 1.807) is 6.07 Å². The fourth-order valence-corrected chi connectivity index (χ4v) is 3.47. The van der Waals surface area contributed by atoms with E-state index in [0.29, 0.717) is 16.4 Å². The SMILES string of the molecule is CC(C)Oc1cccc2c(-c3c(S)nnn3-c3ccc(O)cc3O)cccc12. The van der Waals surface area contributed by atoms with Crippen molar-refractivity contribution in [3.05, 3.63) is 54.6 Å². The maximum absolute atomic E-state index is 10.3. The number of fused-ring (bicyclic) bond motifs is 1. The van der Waals surface area contributed by atoms with Crippen LogP contribution in [0.25, 0.3) is 27.7 Å². The average molecular weight is 393 g/mol. The first-order chi connectivity index (χ1) is 13.5. The van der Waals surface area contributed by atoms with Crippen molar-refractivity contribution in [2.75, 3.05) is 0 Å². The Kier molecular flexibility index (Phi) is 4.60. The first kappa shape index (κ1) is 18.2. The minimum absolute atomic E-state index is 0.0327. The van der Waals surface area contributed by atoms with E-state index in [-0.39, 0.29) is 17.6 Å². The van der Waals surface area contributed by atoms with Gasteiger partial charge in [-0.2, -0.15) is 0 Å². The van der Waals surface area contributed by atoms with E-state index in [1.165, 1.54) is 16.8 Å². The van der Waals surface area contributed by atoms with Gasteiger partial charge in [-0.15, -0.1) is 17.7 Å². The summed E-state index contributed by atoms with van der Waals surface area (Å²) < 4.78 is 7.47. The Hall–Kier alpha value is -3.19. The van der Waals surface area contributed by atoms with Crippen LogP contribution in [-0.2, 0) is 0 Å². The molecule has 2 N–H and O–H groups in total. The van der Waals surface area contributed by atoms with Gasteiger partial charge in [-0.3, -0.25) is 0 Å². The van der Waals surface area contributed by atoms with E-state index in [4.69, 9.17) is 4.74 Å². The molecule has 28 heavy (non-hydrogen) atoms. The van der Waals surface area contributed by atoms with Crippen LogP contribution in [0, 0.1) is 0 Å². The number of phenols is 2. The monoisotopic (exact) mass is 393 g/mol. The number of aromatic hydroxyl groups is 2. The minimum atomic E-state index is -0.108. The highest BCUT2D eigenvalue weighted by Gasteiger charge is 2.19. The number of ether oxygens (including phenoxy) is 1. The molecule has 0 amide bonds. The molecule has 0 radical (unpaired) electrons. The zero-order valence-electron chi connectivity index (χ0n) is 15.4. The van der Waals surface area contributed by atoms with Gasteiger partial charge in [0.25, 0.3) is 0 Å². The fraction of sp³-hybridized carbons (Fsp3) is 0.143. The summed E-state index contributed by atoms with van der Waals surface area (Å²) in [6.45, 7) is 3.97. The second-order valence-electron chi connectivity index (χ2n) is 6.67. The minimum Gasteiger partial charge on any atom is -0.508 e. The van der Waals surface area contributed by atoms with Gasteiger partial charge in [-0.1, -0.05) is 35.5 Å². The molecule has 0 atom stereocenters. The zero-order valence-corrected chi connectivity index (χ0v) is 16.3. The Morgan fingerprint density at radius 3 is 2.50 bits per heavy atom. The lowest BCUT2D eigenvalue weighted by atomic mass is 10.0. The Morgan fingerprint density at radius 2 is 1.75 bits per heavy atom. The van der Waals surface area contributed by atoms with Crippen molar-refractivity contribution in [2.45, 2.75) is 25.0 Å². The number of thiol groups is 1. The van der Waals surface area contributed by atoms with Crippen molar-refractivity contribution in [3.63, 3.8) is 0 Å². The van der Waals surface area contributed by atoms with Crippen molar-refractivity contribution in [1.82, 2.24) is 15.0 Å². The number of aromatic nitrogens is 3. The Bertz CT molecular complexity index is 1170. The van der Waals surface area contributed by atoms with Crippen LogP contribution in [0.15, 0.2) is 59.6 Å². The molecule has 0 saturated heterocycles. The predicted molar refractivity (Wildman–Crippen MR) is 111 cm³/mol. The highest BCUT2D eigenvalue weighted by molar-refractivity contribution is 7.80. The van der Waals surface area contributed by atoms with E-state index in [0.717, 1.165) is 22.1 Å².